The molecule has 0 aliphatic rings. The molecular formula is C57H90O6. The van der Waals surface area contributed by atoms with E-state index >= 15 is 0 Å². The van der Waals surface area contributed by atoms with Gasteiger partial charge < -0.3 is 14.2 Å². The van der Waals surface area contributed by atoms with Gasteiger partial charge in [-0.25, -0.2) is 0 Å². The molecule has 0 N–H and O–H groups in total. The molecule has 1 unspecified atom stereocenters. The highest BCUT2D eigenvalue weighted by Crippen LogP contribution is 2.12. The van der Waals surface area contributed by atoms with E-state index < -0.39 is 6.10 Å². The Balaban J connectivity index is 4.51. The molecule has 0 aliphatic carbocycles. The molecule has 63 heavy (non-hydrogen) atoms. The zero-order valence-electron chi connectivity index (χ0n) is 40.3. The van der Waals surface area contributed by atoms with Crippen LogP contribution in [-0.2, 0) is 28.6 Å². The highest BCUT2D eigenvalue weighted by Gasteiger charge is 2.19. The third-order valence-electron chi connectivity index (χ3n) is 9.96. The summed E-state index contributed by atoms with van der Waals surface area (Å²) in [6, 6.07) is 0. The van der Waals surface area contributed by atoms with Gasteiger partial charge in [-0.15, -0.1) is 0 Å². The second-order valence-electron chi connectivity index (χ2n) is 16.0. The van der Waals surface area contributed by atoms with Crippen molar-refractivity contribution in [3.63, 3.8) is 0 Å². The molecule has 0 heterocycles. The maximum Gasteiger partial charge on any atom is 0.306 e. The third-order valence-corrected chi connectivity index (χ3v) is 9.96. The van der Waals surface area contributed by atoms with Gasteiger partial charge in [0.15, 0.2) is 6.10 Å². The molecule has 0 radical (unpaired) electrons. The minimum Gasteiger partial charge on any atom is -0.462 e. The van der Waals surface area contributed by atoms with Gasteiger partial charge in [0.1, 0.15) is 13.2 Å². The summed E-state index contributed by atoms with van der Waals surface area (Å²) in [6.07, 6.45) is 69.0. The Morgan fingerprint density at radius 1 is 0.349 bits per heavy atom. The minimum atomic E-state index is -0.821. The van der Waals surface area contributed by atoms with Gasteiger partial charge in [0.25, 0.3) is 0 Å². The van der Waals surface area contributed by atoms with Crippen LogP contribution in [0.15, 0.2) is 122 Å². The fraction of sp³-hybridized carbons (Fsp3) is 0.596. The molecule has 0 aliphatic heterocycles. The van der Waals surface area contributed by atoms with Crippen LogP contribution in [-0.4, -0.2) is 37.2 Å². The first-order chi connectivity index (χ1) is 31.0. The lowest BCUT2D eigenvalue weighted by Gasteiger charge is -2.18. The molecule has 0 amide bonds. The minimum absolute atomic E-state index is 0.120. The fourth-order valence-corrected chi connectivity index (χ4v) is 6.25. The van der Waals surface area contributed by atoms with Crippen LogP contribution in [0.4, 0.5) is 0 Å². The standard InChI is InChI=1S/C57H90O6/c1-4-7-10-13-16-19-22-24-26-27-28-29-31-32-35-38-41-44-47-50-56(59)62-53-54(52-61-55(58)49-46-43-40-37-34-21-18-15-12-9-6-3)63-57(60)51-48-45-42-39-36-33-30-25-23-20-17-14-11-8-5-2/h7,9-10,12,16-21,23-26,28-29,32,35,37,40,54H,4-6,8,11,13-15,22,27,30-31,33-34,36,38-39,41-53H2,1-3H3/b10-7-,12-9-,19-16-,20-17-,21-18-,25-23-,26-24-,29-28-,35-32-,40-37-. The zero-order valence-corrected chi connectivity index (χ0v) is 40.3. The topological polar surface area (TPSA) is 78.9 Å². The smallest absolute Gasteiger partial charge is 0.306 e. The van der Waals surface area contributed by atoms with Crippen LogP contribution in [0, 0.1) is 0 Å². The average Bonchev–Trinajstić information content (AvgIpc) is 3.28. The monoisotopic (exact) mass is 871 g/mol. The van der Waals surface area contributed by atoms with E-state index in [9.17, 15) is 14.4 Å². The van der Waals surface area contributed by atoms with Crippen LogP contribution in [0.1, 0.15) is 201 Å². The normalized spacial score (nSPS) is 13.1. The second kappa shape index (κ2) is 50.5. The molecule has 0 rings (SSSR count). The predicted molar refractivity (Wildman–Crippen MR) is 269 cm³/mol. The van der Waals surface area contributed by atoms with Crippen molar-refractivity contribution in [2.45, 2.75) is 207 Å². The number of hydrogen-bond acceptors (Lipinski definition) is 6. The van der Waals surface area contributed by atoms with Crippen molar-refractivity contribution in [3.8, 4) is 0 Å². The van der Waals surface area contributed by atoms with Crippen LogP contribution in [0.5, 0.6) is 0 Å². The molecule has 354 valence electrons. The summed E-state index contributed by atoms with van der Waals surface area (Å²) in [4.78, 5) is 37.9. The van der Waals surface area contributed by atoms with E-state index in [4.69, 9.17) is 14.2 Å². The van der Waals surface area contributed by atoms with Gasteiger partial charge in [-0.05, 0) is 116 Å². The van der Waals surface area contributed by atoms with E-state index in [0.717, 1.165) is 122 Å². The number of carbonyl (C=O) groups excluding carboxylic acids is 3. The highest BCUT2D eigenvalue weighted by atomic mass is 16.6. The Morgan fingerprint density at radius 2 is 0.683 bits per heavy atom. The first-order valence-corrected chi connectivity index (χ1v) is 25.1. The molecule has 0 aromatic rings. The van der Waals surface area contributed by atoms with Crippen molar-refractivity contribution in [2.24, 2.45) is 0 Å². The number of allylic oxidation sites excluding steroid dienone is 20. The Labute approximate surface area is 386 Å². The molecule has 0 aromatic heterocycles. The van der Waals surface area contributed by atoms with Gasteiger partial charge in [0.05, 0.1) is 0 Å². The van der Waals surface area contributed by atoms with Crippen LogP contribution in [0.25, 0.3) is 0 Å². The molecule has 0 fully saturated rings. The number of hydrogen-bond donors (Lipinski definition) is 0. The quantitative estimate of drug-likeness (QED) is 0.0200. The fourth-order valence-electron chi connectivity index (χ4n) is 6.25. The molecule has 6 nitrogen and oxygen atoms in total. The predicted octanol–water partition coefficient (Wildman–Crippen LogP) is 16.5. The van der Waals surface area contributed by atoms with Crippen LogP contribution in [0.3, 0.4) is 0 Å². The van der Waals surface area contributed by atoms with Gasteiger partial charge in [-0.3, -0.25) is 14.4 Å². The van der Waals surface area contributed by atoms with Gasteiger partial charge in [-0.1, -0.05) is 187 Å². The lowest BCUT2D eigenvalue weighted by molar-refractivity contribution is -0.167. The summed E-state index contributed by atoms with van der Waals surface area (Å²) in [5, 5.41) is 0. The lowest BCUT2D eigenvalue weighted by Crippen LogP contribution is -2.30. The van der Waals surface area contributed by atoms with E-state index in [1.165, 1.54) is 32.1 Å². The van der Waals surface area contributed by atoms with Crippen LogP contribution >= 0.6 is 0 Å². The maximum absolute atomic E-state index is 12.8. The summed E-state index contributed by atoms with van der Waals surface area (Å²) in [7, 11) is 0. The third kappa shape index (κ3) is 48.7. The van der Waals surface area contributed by atoms with Crippen molar-refractivity contribution in [1.82, 2.24) is 0 Å². The van der Waals surface area contributed by atoms with Gasteiger partial charge in [-0.2, -0.15) is 0 Å². The molecule has 1 atom stereocenters. The maximum atomic E-state index is 12.8. The van der Waals surface area contributed by atoms with Crippen molar-refractivity contribution in [2.75, 3.05) is 13.2 Å². The Hall–Kier alpha value is -4.19. The number of carbonyl (C=O) groups is 3. The SMILES string of the molecule is CC/C=C\C/C=C\C/C=C\C/C=C\C/C=C\CCCCCC(=O)OCC(COC(=O)CCC/C=C\C/C=C\C/C=C\CC)OC(=O)CCCCCCCC/C=C\C=C/CCCCC. The number of unbranched alkanes of at least 4 members (excludes halogenated alkanes) is 13. The summed E-state index contributed by atoms with van der Waals surface area (Å²) < 4.78 is 16.7. The Bertz CT molecular complexity index is 1370. The molecule has 6 heteroatoms. The highest BCUT2D eigenvalue weighted by molar-refractivity contribution is 5.71. The van der Waals surface area contributed by atoms with Crippen LogP contribution in [0.2, 0.25) is 0 Å². The molecule has 0 aromatic carbocycles. The van der Waals surface area contributed by atoms with E-state index in [1.807, 2.05) is 0 Å². The Kier molecular flexibility index (Phi) is 47.1. The summed E-state index contributed by atoms with van der Waals surface area (Å²) in [5.41, 5.74) is 0. The van der Waals surface area contributed by atoms with Gasteiger partial charge in [0, 0.05) is 19.3 Å². The average molecular weight is 871 g/mol. The van der Waals surface area contributed by atoms with E-state index in [2.05, 4.69) is 142 Å². The summed E-state index contributed by atoms with van der Waals surface area (Å²) in [5.74, 6) is -1.03. The molecule has 0 spiro atoms. The van der Waals surface area contributed by atoms with E-state index in [1.54, 1.807) is 0 Å². The second-order valence-corrected chi connectivity index (χ2v) is 16.0. The largest absolute Gasteiger partial charge is 0.462 e. The number of ether oxygens (including phenoxy) is 3. The van der Waals surface area contributed by atoms with E-state index in [0.29, 0.717) is 19.3 Å². The first-order valence-electron chi connectivity index (χ1n) is 25.1. The van der Waals surface area contributed by atoms with Gasteiger partial charge >= 0.3 is 17.9 Å². The zero-order chi connectivity index (χ0) is 45.8. The molecule has 0 saturated carbocycles. The first kappa shape index (κ1) is 58.8. The van der Waals surface area contributed by atoms with Crippen molar-refractivity contribution in [3.05, 3.63) is 122 Å². The Morgan fingerprint density at radius 3 is 1.14 bits per heavy atom. The van der Waals surface area contributed by atoms with Gasteiger partial charge in [0.2, 0.25) is 0 Å². The molecule has 0 saturated heterocycles. The van der Waals surface area contributed by atoms with Crippen molar-refractivity contribution >= 4 is 17.9 Å². The number of rotatable bonds is 43. The van der Waals surface area contributed by atoms with E-state index in [-0.39, 0.29) is 37.5 Å². The van der Waals surface area contributed by atoms with Crippen molar-refractivity contribution < 1.29 is 28.6 Å². The lowest BCUT2D eigenvalue weighted by atomic mass is 10.1. The summed E-state index contributed by atoms with van der Waals surface area (Å²) in [6.45, 7) is 6.26. The molecular weight excluding hydrogens is 781 g/mol. The molecule has 0 bridgehead atoms. The van der Waals surface area contributed by atoms with Crippen molar-refractivity contribution in [1.29, 1.82) is 0 Å². The summed E-state index contributed by atoms with van der Waals surface area (Å²) >= 11 is 0. The van der Waals surface area contributed by atoms with Crippen LogP contribution < -0.4 is 0 Å². The number of esters is 3.